The molecule has 6 heteroatoms. The van der Waals surface area contributed by atoms with Crippen molar-refractivity contribution >= 4 is 63.3 Å². The van der Waals surface area contributed by atoms with Crippen molar-refractivity contribution in [1.29, 1.82) is 0 Å². The molecule has 1 aliphatic carbocycles. The molecular weight excluding hydrogens is 191 g/mol. The van der Waals surface area contributed by atoms with Gasteiger partial charge in [-0.05, 0) is 0 Å². The number of aliphatic hydroxyl groups excluding tert-OH is 1. The minimum absolute atomic E-state index is 0. The fourth-order valence-corrected chi connectivity index (χ4v) is 1.19. The van der Waals surface area contributed by atoms with Gasteiger partial charge in [0.25, 0.3) is 0 Å². The first-order valence-corrected chi connectivity index (χ1v) is 3.14. The quantitative estimate of drug-likeness (QED) is 0.378. The average Bonchev–Trinajstić information content (AvgIpc) is 1.78. The van der Waals surface area contributed by atoms with Crippen molar-refractivity contribution in [1.82, 2.24) is 0 Å². The number of carboxylic acids is 2. The van der Waals surface area contributed by atoms with Crippen molar-refractivity contribution in [3.05, 3.63) is 0 Å². The summed E-state index contributed by atoms with van der Waals surface area (Å²) in [6, 6.07) is 0. The van der Waals surface area contributed by atoms with Gasteiger partial charge >= 0.3 is 63.3 Å². The molecule has 0 aromatic heterocycles. The summed E-state index contributed by atoms with van der Waals surface area (Å²) < 4.78 is 0. The number of hydrogen-bond acceptors (Lipinski definition) is 3. The van der Waals surface area contributed by atoms with Crippen LogP contribution in [0.25, 0.3) is 0 Å². The van der Waals surface area contributed by atoms with Crippen molar-refractivity contribution in [2.24, 2.45) is 5.41 Å². The van der Waals surface area contributed by atoms with Crippen molar-refractivity contribution in [3.63, 3.8) is 0 Å². The van der Waals surface area contributed by atoms with Crippen molar-refractivity contribution in [3.8, 4) is 0 Å². The Balaban J connectivity index is 0.00000121. The Kier molecular flexibility index (Phi) is 4.35. The van der Waals surface area contributed by atoms with Gasteiger partial charge in [-0.1, -0.05) is 0 Å². The van der Waals surface area contributed by atoms with Crippen LogP contribution in [0.15, 0.2) is 0 Å². The van der Waals surface area contributed by atoms with Crippen LogP contribution in [0.5, 0.6) is 0 Å². The Morgan fingerprint density at radius 1 is 1.17 bits per heavy atom. The molecule has 1 fully saturated rings. The molecule has 0 aromatic rings. The van der Waals surface area contributed by atoms with Crippen molar-refractivity contribution in [2.45, 2.75) is 18.9 Å². The molecule has 3 N–H and O–H groups in total. The van der Waals surface area contributed by atoms with Crippen LogP contribution >= 0.6 is 0 Å². The Morgan fingerprint density at radius 2 is 1.50 bits per heavy atom. The van der Waals surface area contributed by atoms with E-state index in [1.807, 2.05) is 0 Å². The molecule has 1 aliphatic rings. The van der Waals surface area contributed by atoms with Gasteiger partial charge in [0, 0.05) is 12.8 Å². The van der Waals surface area contributed by atoms with Gasteiger partial charge in [0.1, 0.15) is 0 Å². The normalized spacial score (nSPS) is 20.4. The van der Waals surface area contributed by atoms with Crippen molar-refractivity contribution in [2.75, 3.05) is 0 Å². The Bertz CT molecular complexity index is 192. The Labute approximate surface area is 111 Å². The van der Waals surface area contributed by atoms with Crippen LogP contribution in [0.1, 0.15) is 12.8 Å². The molecule has 64 valence electrons. The molecule has 12 heavy (non-hydrogen) atoms. The summed E-state index contributed by atoms with van der Waals surface area (Å²) in [4.78, 5) is 20.8. The van der Waals surface area contributed by atoms with E-state index in [0.29, 0.717) is 0 Å². The second-order valence-corrected chi connectivity index (χ2v) is 2.75. The number of aliphatic carboxylic acids is 2. The number of carboxylic acid groups (broad SMARTS) is 2. The van der Waals surface area contributed by atoms with Crippen LogP contribution < -0.4 is 0 Å². The summed E-state index contributed by atoms with van der Waals surface area (Å²) in [5.41, 5.74) is -1.72. The van der Waals surface area contributed by atoms with Gasteiger partial charge in [-0.3, -0.25) is 9.59 Å². The fraction of sp³-hybridized carbons (Fsp3) is 0.667. The number of rotatable bonds is 2. The topological polar surface area (TPSA) is 94.8 Å². The van der Waals surface area contributed by atoms with E-state index >= 15 is 0 Å². The molecule has 0 saturated heterocycles. The maximum atomic E-state index is 10.4. The zero-order chi connectivity index (χ0) is 8.65. The van der Waals surface area contributed by atoms with Crippen LogP contribution in [0.4, 0.5) is 0 Å². The predicted octanol–water partition coefficient (Wildman–Crippen LogP) is -1.35. The average molecular weight is 200 g/mol. The summed E-state index contributed by atoms with van der Waals surface area (Å²) in [6.45, 7) is 0. The van der Waals surface area contributed by atoms with Gasteiger partial charge in [-0.15, -0.1) is 0 Å². The maximum absolute atomic E-state index is 10.4. The van der Waals surface area contributed by atoms with Crippen LogP contribution in [0, 0.1) is 5.41 Å². The summed E-state index contributed by atoms with van der Waals surface area (Å²) in [6.07, 6.45) is -1.14. The molecule has 0 radical (unpaired) electrons. The SMILES string of the molecule is O=C(O)C1(C(=O)O)CC(O)C1.[KH]. The molecule has 1 rings (SSSR count). The predicted molar refractivity (Wildman–Crippen MR) is 40.1 cm³/mol. The fourth-order valence-electron chi connectivity index (χ4n) is 1.19. The molecule has 1 saturated carbocycles. The number of hydrogen-bond donors (Lipinski definition) is 3. The van der Waals surface area contributed by atoms with Gasteiger partial charge in [0.05, 0.1) is 6.10 Å². The van der Waals surface area contributed by atoms with E-state index in [1.165, 1.54) is 0 Å². The van der Waals surface area contributed by atoms with Gasteiger partial charge in [0.2, 0.25) is 0 Å². The third-order valence-electron chi connectivity index (χ3n) is 1.99. The number of carbonyl (C=O) groups is 2. The third kappa shape index (κ3) is 1.89. The van der Waals surface area contributed by atoms with Crippen LogP contribution in [0.3, 0.4) is 0 Å². The third-order valence-corrected chi connectivity index (χ3v) is 1.99. The minimum atomic E-state index is -1.72. The first-order valence-electron chi connectivity index (χ1n) is 3.14. The van der Waals surface area contributed by atoms with Gasteiger partial charge < -0.3 is 15.3 Å². The van der Waals surface area contributed by atoms with Crippen molar-refractivity contribution < 1.29 is 24.9 Å². The first-order chi connectivity index (χ1) is 4.99. The van der Waals surface area contributed by atoms with Crippen LogP contribution in [-0.4, -0.2) is 84.7 Å². The standard InChI is InChI=1S/C6H8O5.K.H/c7-3-1-6(2-3,4(8)9)5(10)11;;/h3,7H,1-2H2,(H,8,9)(H,10,11);;. The van der Waals surface area contributed by atoms with E-state index in [2.05, 4.69) is 0 Å². The van der Waals surface area contributed by atoms with Crippen LogP contribution in [-0.2, 0) is 9.59 Å². The van der Waals surface area contributed by atoms with Crippen LogP contribution in [0.2, 0.25) is 0 Å². The van der Waals surface area contributed by atoms with E-state index in [1.54, 1.807) is 0 Å². The number of aliphatic hydroxyl groups is 1. The zero-order valence-corrected chi connectivity index (χ0v) is 5.65. The molecule has 0 aliphatic heterocycles. The van der Waals surface area contributed by atoms with Gasteiger partial charge in [0.15, 0.2) is 5.41 Å². The molecule has 0 spiro atoms. The molecule has 0 heterocycles. The summed E-state index contributed by atoms with van der Waals surface area (Å²) in [7, 11) is 0. The second kappa shape index (κ2) is 4.16. The zero-order valence-electron chi connectivity index (χ0n) is 5.65. The molecule has 0 aromatic carbocycles. The summed E-state index contributed by atoms with van der Waals surface area (Å²) in [5, 5.41) is 25.7. The molecular formula is C6H9KO5. The van der Waals surface area contributed by atoms with E-state index in [0.717, 1.165) is 0 Å². The monoisotopic (exact) mass is 200 g/mol. The first kappa shape index (κ1) is 12.5. The molecule has 0 bridgehead atoms. The molecule has 0 unspecified atom stereocenters. The summed E-state index contributed by atoms with van der Waals surface area (Å²) in [5.74, 6) is -2.73. The van der Waals surface area contributed by atoms with Gasteiger partial charge in [-0.25, -0.2) is 0 Å². The van der Waals surface area contributed by atoms with E-state index in [-0.39, 0.29) is 64.2 Å². The Hall–Kier alpha value is 0.536. The Morgan fingerprint density at radius 3 is 1.58 bits per heavy atom. The van der Waals surface area contributed by atoms with E-state index in [9.17, 15) is 9.59 Å². The van der Waals surface area contributed by atoms with E-state index < -0.39 is 23.5 Å². The summed E-state index contributed by atoms with van der Waals surface area (Å²) >= 11 is 0. The second-order valence-electron chi connectivity index (χ2n) is 2.75. The van der Waals surface area contributed by atoms with E-state index in [4.69, 9.17) is 15.3 Å². The van der Waals surface area contributed by atoms with Gasteiger partial charge in [-0.2, -0.15) is 0 Å². The molecule has 5 nitrogen and oxygen atoms in total. The molecule has 0 atom stereocenters. The molecule has 0 amide bonds.